The van der Waals surface area contributed by atoms with Gasteiger partial charge in [-0.25, -0.2) is 4.79 Å². The summed E-state index contributed by atoms with van der Waals surface area (Å²) in [5.41, 5.74) is 1.12. The van der Waals surface area contributed by atoms with Crippen LogP contribution in [0.3, 0.4) is 0 Å². The quantitative estimate of drug-likeness (QED) is 0.817. The zero-order valence-electron chi connectivity index (χ0n) is 9.06. The summed E-state index contributed by atoms with van der Waals surface area (Å²) in [4.78, 5) is 23.1. The van der Waals surface area contributed by atoms with Crippen LogP contribution in [0.1, 0.15) is 13.0 Å². The first-order valence-corrected chi connectivity index (χ1v) is 4.97. The molecule has 5 nitrogen and oxygen atoms in total. The number of oxazole rings is 1. The van der Waals surface area contributed by atoms with Gasteiger partial charge < -0.3 is 9.73 Å². The fourth-order valence-electron chi connectivity index (χ4n) is 1.68. The fraction of sp³-hybridized carbons (Fsp3) is 0.273. The second kappa shape index (κ2) is 3.84. The van der Waals surface area contributed by atoms with Crippen molar-refractivity contribution in [3.63, 3.8) is 0 Å². The summed E-state index contributed by atoms with van der Waals surface area (Å²) in [6.07, 6.45) is 0. The van der Waals surface area contributed by atoms with Crippen molar-refractivity contribution in [2.45, 2.75) is 13.0 Å². The molecule has 2 rings (SSSR count). The van der Waals surface area contributed by atoms with Gasteiger partial charge in [0, 0.05) is 7.05 Å². The van der Waals surface area contributed by atoms with Gasteiger partial charge in [0.25, 0.3) is 0 Å². The van der Waals surface area contributed by atoms with Crippen LogP contribution in [0.15, 0.2) is 33.5 Å². The minimum absolute atomic E-state index is 0.228. The van der Waals surface area contributed by atoms with Crippen LogP contribution in [0.25, 0.3) is 11.1 Å². The maximum Gasteiger partial charge on any atom is 0.420 e. The smallest absolute Gasteiger partial charge is 0.408 e. The van der Waals surface area contributed by atoms with E-state index in [2.05, 4.69) is 5.32 Å². The van der Waals surface area contributed by atoms with E-state index < -0.39 is 11.8 Å². The van der Waals surface area contributed by atoms with Crippen LogP contribution in [0, 0.1) is 0 Å². The minimum Gasteiger partial charge on any atom is -0.408 e. The molecule has 0 saturated carbocycles. The highest BCUT2D eigenvalue weighted by Gasteiger charge is 2.19. The molecule has 84 valence electrons. The fourth-order valence-corrected chi connectivity index (χ4v) is 1.68. The van der Waals surface area contributed by atoms with E-state index in [1.54, 1.807) is 31.2 Å². The van der Waals surface area contributed by atoms with E-state index in [-0.39, 0.29) is 5.91 Å². The number of likely N-dealkylation sites (N-methyl/N-ethyl adjacent to an activating group) is 1. The summed E-state index contributed by atoms with van der Waals surface area (Å²) < 4.78 is 6.38. The van der Waals surface area contributed by atoms with Crippen molar-refractivity contribution in [1.82, 2.24) is 9.88 Å². The SMILES string of the molecule is CNC(=O)[C@H](C)n1c(=O)oc2ccccc21. The van der Waals surface area contributed by atoms with Crippen LogP contribution in [-0.4, -0.2) is 17.5 Å². The normalized spacial score (nSPS) is 12.6. The first-order chi connectivity index (χ1) is 7.65. The zero-order chi connectivity index (χ0) is 11.7. The lowest BCUT2D eigenvalue weighted by Gasteiger charge is -2.10. The van der Waals surface area contributed by atoms with Crippen LogP contribution >= 0.6 is 0 Å². The summed E-state index contributed by atoms with van der Waals surface area (Å²) >= 11 is 0. The molecule has 0 unspecified atom stereocenters. The molecule has 1 N–H and O–H groups in total. The van der Waals surface area contributed by atoms with Crippen molar-refractivity contribution in [3.05, 3.63) is 34.8 Å². The highest BCUT2D eigenvalue weighted by Crippen LogP contribution is 2.16. The lowest BCUT2D eigenvalue weighted by Crippen LogP contribution is -2.32. The molecule has 0 aliphatic carbocycles. The van der Waals surface area contributed by atoms with E-state index in [1.807, 2.05) is 0 Å². The Morgan fingerprint density at radius 1 is 1.44 bits per heavy atom. The third-order valence-electron chi connectivity index (χ3n) is 2.53. The van der Waals surface area contributed by atoms with E-state index in [0.29, 0.717) is 11.1 Å². The van der Waals surface area contributed by atoms with E-state index in [4.69, 9.17) is 4.42 Å². The molecule has 0 saturated heterocycles. The summed E-state index contributed by atoms with van der Waals surface area (Å²) in [5.74, 6) is -0.744. The standard InChI is InChI=1S/C11H12N2O3/c1-7(10(14)12-2)13-8-5-3-4-6-9(8)16-11(13)15/h3-7H,1-2H3,(H,12,14)/t7-/m0/s1. The molecule has 0 spiro atoms. The van der Waals surface area contributed by atoms with Crippen molar-refractivity contribution in [2.75, 3.05) is 7.05 Å². The number of para-hydroxylation sites is 2. The maximum atomic E-state index is 11.6. The molecule has 16 heavy (non-hydrogen) atoms. The van der Waals surface area contributed by atoms with Crippen molar-refractivity contribution in [2.24, 2.45) is 0 Å². The van der Waals surface area contributed by atoms with Crippen LogP contribution in [0.4, 0.5) is 0 Å². The molecule has 1 atom stereocenters. The molecule has 1 heterocycles. The Kier molecular flexibility index (Phi) is 2.52. The highest BCUT2D eigenvalue weighted by atomic mass is 16.4. The minimum atomic E-state index is -0.582. The number of carbonyl (C=O) groups excluding carboxylic acids is 1. The van der Waals surface area contributed by atoms with Gasteiger partial charge in [-0.2, -0.15) is 0 Å². The zero-order valence-corrected chi connectivity index (χ0v) is 9.06. The van der Waals surface area contributed by atoms with Gasteiger partial charge in [-0.3, -0.25) is 9.36 Å². The van der Waals surface area contributed by atoms with Gasteiger partial charge in [0.15, 0.2) is 5.58 Å². The number of rotatable bonds is 2. The topological polar surface area (TPSA) is 64.2 Å². The molecular weight excluding hydrogens is 208 g/mol. The van der Waals surface area contributed by atoms with Crippen LogP contribution in [0.2, 0.25) is 0 Å². The lowest BCUT2D eigenvalue weighted by atomic mass is 10.2. The summed E-state index contributed by atoms with van der Waals surface area (Å²) in [6.45, 7) is 1.65. The highest BCUT2D eigenvalue weighted by molar-refractivity contribution is 5.82. The van der Waals surface area contributed by atoms with E-state index in [0.717, 1.165) is 0 Å². The van der Waals surface area contributed by atoms with Crippen molar-refractivity contribution >= 4 is 17.0 Å². The molecule has 0 bridgehead atoms. The van der Waals surface area contributed by atoms with Gasteiger partial charge in [0.2, 0.25) is 5.91 Å². The molecule has 5 heteroatoms. The molecule has 0 aliphatic heterocycles. The Morgan fingerprint density at radius 3 is 2.81 bits per heavy atom. The molecule has 1 aromatic carbocycles. The number of nitrogens with one attached hydrogen (secondary N) is 1. The van der Waals surface area contributed by atoms with Crippen molar-refractivity contribution in [1.29, 1.82) is 0 Å². The van der Waals surface area contributed by atoms with Crippen LogP contribution < -0.4 is 11.1 Å². The summed E-state index contributed by atoms with van der Waals surface area (Å²) in [7, 11) is 1.53. The molecular formula is C11H12N2O3. The average Bonchev–Trinajstić information content (AvgIpc) is 2.63. The van der Waals surface area contributed by atoms with Crippen molar-refractivity contribution in [3.8, 4) is 0 Å². The van der Waals surface area contributed by atoms with Gasteiger partial charge >= 0.3 is 5.76 Å². The van der Waals surface area contributed by atoms with Gasteiger partial charge in [-0.1, -0.05) is 12.1 Å². The summed E-state index contributed by atoms with van der Waals surface area (Å²) in [6, 6.07) is 6.44. The second-order valence-electron chi connectivity index (χ2n) is 3.50. The Labute approximate surface area is 91.7 Å². The Balaban J connectivity index is 2.64. The van der Waals surface area contributed by atoms with Crippen molar-refractivity contribution < 1.29 is 9.21 Å². The molecule has 0 aliphatic rings. The number of aromatic nitrogens is 1. The summed E-state index contributed by atoms with van der Waals surface area (Å²) in [5, 5.41) is 2.50. The van der Waals surface area contributed by atoms with Gasteiger partial charge in [0.05, 0.1) is 5.52 Å². The third-order valence-corrected chi connectivity index (χ3v) is 2.53. The molecule has 2 aromatic rings. The number of hydrogen-bond acceptors (Lipinski definition) is 3. The van der Waals surface area contributed by atoms with Crippen LogP contribution in [0.5, 0.6) is 0 Å². The molecule has 1 aromatic heterocycles. The number of carbonyl (C=O) groups is 1. The average molecular weight is 220 g/mol. The van der Waals surface area contributed by atoms with Gasteiger partial charge in [-0.05, 0) is 19.1 Å². The molecule has 0 radical (unpaired) electrons. The van der Waals surface area contributed by atoms with Gasteiger partial charge in [-0.15, -0.1) is 0 Å². The number of benzene rings is 1. The third kappa shape index (κ3) is 1.50. The Hall–Kier alpha value is -2.04. The van der Waals surface area contributed by atoms with E-state index >= 15 is 0 Å². The van der Waals surface area contributed by atoms with E-state index in [1.165, 1.54) is 11.6 Å². The first kappa shape index (κ1) is 10.5. The largest absolute Gasteiger partial charge is 0.420 e. The monoisotopic (exact) mass is 220 g/mol. The number of nitrogens with zero attached hydrogens (tertiary/aromatic N) is 1. The van der Waals surface area contributed by atoms with Gasteiger partial charge in [0.1, 0.15) is 6.04 Å². The second-order valence-corrected chi connectivity index (χ2v) is 3.50. The Bertz CT molecular complexity index is 582. The van der Waals surface area contributed by atoms with Crippen LogP contribution in [-0.2, 0) is 4.79 Å². The molecule has 0 fully saturated rings. The predicted octanol–water partition coefficient (Wildman–Crippen LogP) is 0.901. The first-order valence-electron chi connectivity index (χ1n) is 4.97. The number of hydrogen-bond donors (Lipinski definition) is 1. The van der Waals surface area contributed by atoms with E-state index in [9.17, 15) is 9.59 Å². The Morgan fingerprint density at radius 2 is 2.12 bits per heavy atom. The number of fused-ring (bicyclic) bond motifs is 1. The maximum absolute atomic E-state index is 11.6. The predicted molar refractivity (Wildman–Crippen MR) is 59.3 cm³/mol. The number of amides is 1. The lowest BCUT2D eigenvalue weighted by molar-refractivity contribution is -0.123. The molecule has 1 amide bonds.